The molecule has 0 amide bonds. The van der Waals surface area contributed by atoms with Gasteiger partial charge in [-0.3, -0.25) is 0 Å². The maximum absolute atomic E-state index is 13.5. The zero-order valence-electron chi connectivity index (χ0n) is 20.0. The number of carbonyl (C=O) groups excluding carboxylic acids is 1. The Morgan fingerprint density at radius 1 is 1.22 bits per heavy atom. The lowest BCUT2D eigenvalue weighted by Crippen LogP contribution is -2.77. The summed E-state index contributed by atoms with van der Waals surface area (Å²) in [6.45, 7) is -0.725. The van der Waals surface area contributed by atoms with E-state index >= 15 is 0 Å². The fraction of sp³-hybridized carbons (Fsp3) is 0.696. The largest absolute Gasteiger partial charge is 0.451 e. The summed E-state index contributed by atoms with van der Waals surface area (Å²) in [5, 5.41) is 35.0. The molecule has 1 saturated heterocycles. The summed E-state index contributed by atoms with van der Waals surface area (Å²) in [6, 6.07) is -1.93. The van der Waals surface area contributed by atoms with Crippen LogP contribution in [0.25, 0.3) is 0 Å². The second kappa shape index (κ2) is 8.88. The Labute approximate surface area is 210 Å². The van der Waals surface area contributed by atoms with Crippen LogP contribution in [-0.2, 0) is 9.53 Å². The van der Waals surface area contributed by atoms with Gasteiger partial charge in [-0.25, -0.2) is 14.8 Å². The molecule has 0 bridgehead atoms. The average molecular weight is 529 g/mol. The Bertz CT molecular complexity index is 1100. The van der Waals surface area contributed by atoms with Crippen molar-refractivity contribution in [1.29, 1.82) is 0 Å². The second-order valence-electron chi connectivity index (χ2n) is 10.2. The zero-order chi connectivity index (χ0) is 26.8. The molecule has 0 aromatic heterocycles. The van der Waals surface area contributed by atoms with E-state index in [-0.39, 0.29) is 49.2 Å². The van der Waals surface area contributed by atoms with Gasteiger partial charge in [0.15, 0.2) is 23.7 Å². The van der Waals surface area contributed by atoms with Gasteiger partial charge in [0.05, 0.1) is 13.2 Å². The highest BCUT2D eigenvalue weighted by Crippen LogP contribution is 2.47. The summed E-state index contributed by atoms with van der Waals surface area (Å²) >= 11 is 0. The van der Waals surface area contributed by atoms with Gasteiger partial charge in [0.2, 0.25) is 5.79 Å². The predicted octanol–water partition coefficient (Wildman–Crippen LogP) is -0.274. The number of nitrogens with zero attached hydrogens (tertiary/aromatic N) is 3. The molecule has 204 valence electrons. The number of halogens is 3. The minimum atomic E-state index is -4.35. The SMILES string of the molecule is NC1=NC2[C@H](CO)N=C(N)N3C[C@H](OC(=O)C4=CC[C@H](C5=C(C(F)(F)F)CCCC5)CC4)C(O)(O)C23N1. The molecule has 37 heavy (non-hydrogen) atoms. The lowest BCUT2D eigenvalue weighted by atomic mass is 9.77. The van der Waals surface area contributed by atoms with E-state index < -0.39 is 54.0 Å². The van der Waals surface area contributed by atoms with E-state index in [1.807, 2.05) is 0 Å². The van der Waals surface area contributed by atoms with Crippen molar-refractivity contribution < 1.29 is 38.0 Å². The van der Waals surface area contributed by atoms with Crippen LogP contribution >= 0.6 is 0 Å². The molecule has 0 saturated carbocycles. The lowest BCUT2D eigenvalue weighted by Gasteiger charge is -2.48. The number of aliphatic hydroxyl groups excluding tert-OH is 1. The van der Waals surface area contributed by atoms with Crippen LogP contribution in [0.1, 0.15) is 44.9 Å². The zero-order valence-corrected chi connectivity index (χ0v) is 20.0. The van der Waals surface area contributed by atoms with E-state index in [1.54, 1.807) is 6.08 Å². The Kier molecular flexibility index (Phi) is 6.19. The lowest BCUT2D eigenvalue weighted by molar-refractivity contribution is -0.261. The highest BCUT2D eigenvalue weighted by Gasteiger charge is 2.74. The average Bonchev–Trinajstić information content (AvgIpc) is 3.32. The second-order valence-corrected chi connectivity index (χ2v) is 10.2. The first kappa shape index (κ1) is 25.8. The monoisotopic (exact) mass is 528 g/mol. The molecule has 11 nitrogen and oxygen atoms in total. The van der Waals surface area contributed by atoms with Gasteiger partial charge in [0.1, 0.15) is 12.1 Å². The first-order chi connectivity index (χ1) is 17.4. The van der Waals surface area contributed by atoms with Crippen molar-refractivity contribution in [3.05, 3.63) is 22.8 Å². The van der Waals surface area contributed by atoms with Crippen molar-refractivity contribution >= 4 is 17.9 Å². The molecular weight excluding hydrogens is 497 g/mol. The number of esters is 1. The summed E-state index contributed by atoms with van der Waals surface area (Å²) in [4.78, 5) is 22.7. The van der Waals surface area contributed by atoms with E-state index in [1.165, 1.54) is 4.90 Å². The minimum Gasteiger partial charge on any atom is -0.451 e. The number of carbonyl (C=O) groups is 1. The maximum Gasteiger partial charge on any atom is 0.412 e. The molecule has 2 aliphatic carbocycles. The molecule has 1 spiro atoms. The van der Waals surface area contributed by atoms with Gasteiger partial charge in [0, 0.05) is 11.1 Å². The van der Waals surface area contributed by atoms with Crippen LogP contribution in [0.3, 0.4) is 0 Å². The standard InChI is InChI=1S/C23H31F3N6O5/c24-23(25,26)14-4-2-1-3-13(14)11-5-7-12(8-6-11)18(34)37-16-9-32-20(28)29-15(10-33)17-21(32,22(16,35)36)31-19(27)30-17/h7,11,15-17,33,35-36H,1-6,8-10H2,(H2,28,29)(H3,27,30,31)/t11-,15-,16-,17?,21?/m0/s1. The van der Waals surface area contributed by atoms with Crippen LogP contribution in [0.5, 0.6) is 0 Å². The van der Waals surface area contributed by atoms with Crippen LogP contribution in [0.2, 0.25) is 0 Å². The number of alkyl halides is 3. The molecule has 3 heterocycles. The molecule has 2 unspecified atom stereocenters. The topological polar surface area (TPSA) is 179 Å². The van der Waals surface area contributed by atoms with Gasteiger partial charge >= 0.3 is 12.1 Å². The van der Waals surface area contributed by atoms with Crippen LogP contribution in [0.4, 0.5) is 13.2 Å². The molecule has 5 rings (SSSR count). The third kappa shape index (κ3) is 3.96. The van der Waals surface area contributed by atoms with Crippen LogP contribution < -0.4 is 16.8 Å². The van der Waals surface area contributed by atoms with E-state index in [4.69, 9.17) is 16.2 Å². The first-order valence-electron chi connectivity index (χ1n) is 12.4. The molecule has 8 N–H and O–H groups in total. The molecule has 0 aromatic rings. The normalized spacial score (nSPS) is 35.2. The third-order valence-corrected chi connectivity index (χ3v) is 8.20. The number of nitrogens with one attached hydrogen (secondary N) is 1. The number of aliphatic imine (C=N–C) groups is 2. The van der Waals surface area contributed by atoms with E-state index in [0.717, 1.165) is 0 Å². The van der Waals surface area contributed by atoms with Gasteiger partial charge in [-0.2, -0.15) is 13.2 Å². The van der Waals surface area contributed by atoms with E-state index in [9.17, 15) is 33.3 Å². The van der Waals surface area contributed by atoms with Crippen molar-refractivity contribution in [3.8, 4) is 0 Å². The Morgan fingerprint density at radius 2 is 1.95 bits per heavy atom. The molecule has 5 atom stereocenters. The third-order valence-electron chi connectivity index (χ3n) is 8.20. The van der Waals surface area contributed by atoms with Gasteiger partial charge in [-0.15, -0.1) is 0 Å². The molecule has 0 radical (unpaired) electrons. The number of rotatable bonds is 4. The summed E-state index contributed by atoms with van der Waals surface area (Å²) < 4.78 is 46.1. The number of ether oxygens (including phenoxy) is 1. The molecule has 0 aromatic carbocycles. The van der Waals surface area contributed by atoms with Crippen molar-refractivity contribution in [2.24, 2.45) is 27.4 Å². The summed E-state index contributed by atoms with van der Waals surface area (Å²) in [5.41, 5.74) is 10.3. The van der Waals surface area contributed by atoms with E-state index in [2.05, 4.69) is 15.3 Å². The highest BCUT2D eigenvalue weighted by atomic mass is 19.4. The van der Waals surface area contributed by atoms with Gasteiger partial charge in [0.25, 0.3) is 0 Å². The fourth-order valence-electron chi connectivity index (χ4n) is 6.42. The van der Waals surface area contributed by atoms with Crippen molar-refractivity contribution in [1.82, 2.24) is 10.2 Å². The van der Waals surface area contributed by atoms with E-state index in [0.29, 0.717) is 31.3 Å². The fourth-order valence-corrected chi connectivity index (χ4v) is 6.42. The Hall–Kier alpha value is -2.84. The minimum absolute atomic E-state index is 0.0236. The number of nitrogens with two attached hydrogens (primary N) is 2. The number of aliphatic hydroxyl groups is 3. The molecule has 1 fully saturated rings. The molecule has 14 heteroatoms. The quantitative estimate of drug-likeness (QED) is 0.163. The first-order valence-corrected chi connectivity index (χ1v) is 12.4. The number of guanidine groups is 2. The Balaban J connectivity index is 1.33. The van der Waals surface area contributed by atoms with Gasteiger partial charge in [-0.05, 0) is 50.9 Å². The smallest absolute Gasteiger partial charge is 0.412 e. The summed E-state index contributed by atoms with van der Waals surface area (Å²) in [6.07, 6.45) is -1.75. The van der Waals surface area contributed by atoms with Crippen molar-refractivity contribution in [2.75, 3.05) is 13.2 Å². The number of hydrogen-bond acceptors (Lipinski definition) is 11. The number of hydrogen-bond donors (Lipinski definition) is 6. The van der Waals surface area contributed by atoms with Gasteiger partial charge in [-0.1, -0.05) is 11.6 Å². The summed E-state index contributed by atoms with van der Waals surface area (Å²) in [7, 11) is 0. The molecule has 3 aliphatic heterocycles. The van der Waals surface area contributed by atoms with Crippen LogP contribution in [0, 0.1) is 5.92 Å². The maximum atomic E-state index is 13.5. The predicted molar refractivity (Wildman–Crippen MR) is 125 cm³/mol. The van der Waals surface area contributed by atoms with Crippen molar-refractivity contribution in [3.63, 3.8) is 0 Å². The number of allylic oxidation sites excluding steroid dienone is 3. The van der Waals surface area contributed by atoms with Crippen molar-refractivity contribution in [2.45, 2.75) is 80.8 Å². The molecule has 5 aliphatic rings. The summed E-state index contributed by atoms with van der Waals surface area (Å²) in [5.74, 6) is -4.04. The van der Waals surface area contributed by atoms with Crippen LogP contribution in [0.15, 0.2) is 32.8 Å². The highest BCUT2D eigenvalue weighted by molar-refractivity contribution is 5.90. The van der Waals surface area contributed by atoms with Gasteiger partial charge < -0.3 is 41.7 Å². The van der Waals surface area contributed by atoms with Crippen LogP contribution in [-0.4, -0.2) is 87.1 Å². The molecular formula is C23H31F3N6O5. The Morgan fingerprint density at radius 3 is 2.59 bits per heavy atom.